The van der Waals surface area contributed by atoms with Crippen LogP contribution in [0.1, 0.15) is 38.2 Å². The van der Waals surface area contributed by atoms with Gasteiger partial charge >= 0.3 is 5.76 Å². The van der Waals surface area contributed by atoms with Gasteiger partial charge in [0.2, 0.25) is 5.91 Å². The Morgan fingerprint density at radius 2 is 1.83 bits per heavy atom. The van der Waals surface area contributed by atoms with Crippen LogP contribution in [0.2, 0.25) is 0 Å². The summed E-state index contributed by atoms with van der Waals surface area (Å²) in [5, 5.41) is 3.32. The summed E-state index contributed by atoms with van der Waals surface area (Å²) in [7, 11) is 0. The van der Waals surface area contributed by atoms with Crippen molar-refractivity contribution in [2.24, 2.45) is 0 Å². The summed E-state index contributed by atoms with van der Waals surface area (Å²) in [6.07, 6.45) is 0.735. The lowest BCUT2D eigenvalue weighted by atomic mass is 10.0. The number of oxazole rings is 1. The van der Waals surface area contributed by atoms with Gasteiger partial charge in [-0.05, 0) is 54.4 Å². The number of thiocarbonyl (C=S) groups is 1. The van der Waals surface area contributed by atoms with Crippen molar-refractivity contribution in [2.75, 3.05) is 5.32 Å². The number of hydrogen-bond acceptors (Lipinski definition) is 4. The van der Waals surface area contributed by atoms with Crippen LogP contribution >= 0.6 is 12.2 Å². The molecule has 1 aromatic heterocycles. The third kappa shape index (κ3) is 5.45. The molecular formula is C21H24N4O3S. The SMILES string of the molecule is CC(C)c1ccc(NC(=S)NNC(=O)CCCn2c(=O)oc3ccccc32)cc1. The predicted molar refractivity (Wildman–Crippen MR) is 118 cm³/mol. The van der Waals surface area contributed by atoms with Crippen LogP contribution in [-0.4, -0.2) is 15.6 Å². The molecule has 7 nitrogen and oxygen atoms in total. The minimum Gasteiger partial charge on any atom is -0.408 e. The highest BCUT2D eigenvalue weighted by atomic mass is 32.1. The molecule has 152 valence electrons. The number of carbonyl (C=O) groups excluding carboxylic acids is 1. The first kappa shape index (κ1) is 20.6. The maximum absolute atomic E-state index is 12.0. The maximum atomic E-state index is 12.0. The Bertz CT molecular complexity index is 1050. The second kappa shape index (κ2) is 9.38. The molecule has 0 aliphatic heterocycles. The lowest BCUT2D eigenvalue weighted by Gasteiger charge is -2.12. The number of aryl methyl sites for hydroxylation is 1. The van der Waals surface area contributed by atoms with Gasteiger partial charge in [0.05, 0.1) is 5.52 Å². The standard InChI is InChI=1S/C21H24N4O3S/c1-14(2)15-9-11-16(12-10-15)22-20(29)24-23-19(26)8-5-13-25-17-6-3-4-7-18(17)28-21(25)27/h3-4,6-7,9-12,14H,5,8,13H2,1-2H3,(H,23,26)(H2,22,24,29). The summed E-state index contributed by atoms with van der Waals surface area (Å²) in [6.45, 7) is 4.67. The van der Waals surface area contributed by atoms with E-state index in [9.17, 15) is 9.59 Å². The molecule has 0 unspecified atom stereocenters. The summed E-state index contributed by atoms with van der Waals surface area (Å²) in [5.41, 5.74) is 8.60. The molecule has 0 atom stereocenters. The number of amides is 1. The zero-order chi connectivity index (χ0) is 20.8. The van der Waals surface area contributed by atoms with E-state index in [4.69, 9.17) is 16.6 Å². The number of para-hydroxylation sites is 2. The molecule has 3 N–H and O–H groups in total. The number of anilines is 1. The Morgan fingerprint density at radius 1 is 1.10 bits per heavy atom. The van der Waals surface area contributed by atoms with Crippen LogP contribution in [0.5, 0.6) is 0 Å². The zero-order valence-corrected chi connectivity index (χ0v) is 17.2. The van der Waals surface area contributed by atoms with Crippen LogP contribution in [0.3, 0.4) is 0 Å². The fourth-order valence-electron chi connectivity index (χ4n) is 2.93. The molecule has 0 saturated carbocycles. The van der Waals surface area contributed by atoms with E-state index in [1.54, 1.807) is 6.07 Å². The highest BCUT2D eigenvalue weighted by Gasteiger charge is 2.09. The van der Waals surface area contributed by atoms with Gasteiger partial charge in [0, 0.05) is 18.7 Å². The number of hydrogen-bond donors (Lipinski definition) is 3. The van der Waals surface area contributed by atoms with Gasteiger partial charge in [0.25, 0.3) is 0 Å². The quantitative estimate of drug-likeness (QED) is 0.424. The lowest BCUT2D eigenvalue weighted by molar-refractivity contribution is -0.121. The number of carbonyl (C=O) groups is 1. The fraction of sp³-hybridized carbons (Fsp3) is 0.286. The molecule has 2 aromatic carbocycles. The van der Waals surface area contributed by atoms with E-state index in [-0.39, 0.29) is 12.3 Å². The molecule has 1 heterocycles. The molecule has 0 aliphatic rings. The lowest BCUT2D eigenvalue weighted by Crippen LogP contribution is -2.43. The Balaban J connectivity index is 1.42. The van der Waals surface area contributed by atoms with E-state index in [0.29, 0.717) is 29.6 Å². The number of nitrogens with zero attached hydrogens (tertiary/aromatic N) is 1. The third-order valence-electron chi connectivity index (χ3n) is 4.51. The predicted octanol–water partition coefficient (Wildman–Crippen LogP) is 3.52. The van der Waals surface area contributed by atoms with Crippen molar-refractivity contribution >= 4 is 40.0 Å². The first-order chi connectivity index (χ1) is 13.9. The largest absolute Gasteiger partial charge is 0.419 e. The van der Waals surface area contributed by atoms with Crippen molar-refractivity contribution in [3.8, 4) is 0 Å². The number of fused-ring (bicyclic) bond motifs is 1. The molecule has 0 bridgehead atoms. The monoisotopic (exact) mass is 412 g/mol. The highest BCUT2D eigenvalue weighted by molar-refractivity contribution is 7.80. The van der Waals surface area contributed by atoms with Crippen LogP contribution < -0.4 is 21.9 Å². The zero-order valence-electron chi connectivity index (χ0n) is 16.4. The Kier molecular flexibility index (Phi) is 6.66. The van der Waals surface area contributed by atoms with Gasteiger partial charge in [-0.2, -0.15) is 0 Å². The summed E-state index contributed by atoms with van der Waals surface area (Å²) in [4.78, 5) is 23.9. The molecule has 0 saturated heterocycles. The van der Waals surface area contributed by atoms with E-state index in [2.05, 4.69) is 30.0 Å². The van der Waals surface area contributed by atoms with Crippen molar-refractivity contribution in [3.05, 3.63) is 64.6 Å². The normalized spacial score (nSPS) is 10.9. The second-order valence-corrected chi connectivity index (χ2v) is 7.40. The number of benzene rings is 2. The summed E-state index contributed by atoms with van der Waals surface area (Å²) in [6, 6.07) is 15.2. The Labute approximate surface area is 174 Å². The van der Waals surface area contributed by atoms with Crippen molar-refractivity contribution < 1.29 is 9.21 Å². The Morgan fingerprint density at radius 3 is 2.55 bits per heavy atom. The number of rotatable bonds is 6. The minimum absolute atomic E-state index is 0.217. The Hall–Kier alpha value is -3.13. The molecule has 3 rings (SSSR count). The van der Waals surface area contributed by atoms with Gasteiger partial charge in [-0.25, -0.2) is 4.79 Å². The highest BCUT2D eigenvalue weighted by Crippen LogP contribution is 2.17. The van der Waals surface area contributed by atoms with Crippen molar-refractivity contribution in [1.82, 2.24) is 15.4 Å². The summed E-state index contributed by atoms with van der Waals surface area (Å²) >= 11 is 5.19. The van der Waals surface area contributed by atoms with Crippen LogP contribution in [0.25, 0.3) is 11.1 Å². The van der Waals surface area contributed by atoms with Gasteiger partial charge in [-0.1, -0.05) is 38.1 Å². The molecule has 1 amide bonds. The van der Waals surface area contributed by atoms with Gasteiger partial charge in [-0.15, -0.1) is 0 Å². The van der Waals surface area contributed by atoms with Gasteiger partial charge in [0.1, 0.15) is 0 Å². The van der Waals surface area contributed by atoms with E-state index >= 15 is 0 Å². The van der Waals surface area contributed by atoms with Crippen molar-refractivity contribution in [3.63, 3.8) is 0 Å². The van der Waals surface area contributed by atoms with E-state index in [1.165, 1.54) is 10.1 Å². The summed E-state index contributed by atoms with van der Waals surface area (Å²) < 4.78 is 6.71. The average molecular weight is 413 g/mol. The van der Waals surface area contributed by atoms with Crippen LogP contribution in [0.15, 0.2) is 57.7 Å². The first-order valence-electron chi connectivity index (χ1n) is 9.48. The van der Waals surface area contributed by atoms with E-state index < -0.39 is 5.76 Å². The smallest absolute Gasteiger partial charge is 0.408 e. The number of nitrogens with one attached hydrogen (secondary N) is 3. The van der Waals surface area contributed by atoms with E-state index in [1.807, 2.05) is 42.5 Å². The molecular weight excluding hydrogens is 388 g/mol. The maximum Gasteiger partial charge on any atom is 0.419 e. The van der Waals surface area contributed by atoms with Gasteiger partial charge in [0.15, 0.2) is 10.7 Å². The van der Waals surface area contributed by atoms with Crippen molar-refractivity contribution in [2.45, 2.75) is 39.2 Å². The topological polar surface area (TPSA) is 88.3 Å². The average Bonchev–Trinajstić information content (AvgIpc) is 3.02. The fourth-order valence-corrected chi connectivity index (χ4v) is 3.09. The minimum atomic E-state index is -0.418. The third-order valence-corrected chi connectivity index (χ3v) is 4.71. The molecule has 0 radical (unpaired) electrons. The van der Waals surface area contributed by atoms with Crippen LogP contribution in [0.4, 0.5) is 5.69 Å². The van der Waals surface area contributed by atoms with Crippen LogP contribution in [-0.2, 0) is 11.3 Å². The molecule has 3 aromatic rings. The second-order valence-electron chi connectivity index (χ2n) is 6.99. The van der Waals surface area contributed by atoms with Crippen molar-refractivity contribution in [1.29, 1.82) is 0 Å². The molecule has 0 fully saturated rings. The first-order valence-corrected chi connectivity index (χ1v) is 9.89. The number of aromatic nitrogens is 1. The van der Waals surface area contributed by atoms with Gasteiger partial charge < -0.3 is 9.73 Å². The summed E-state index contributed by atoms with van der Waals surface area (Å²) in [5.74, 6) is -0.173. The number of hydrazine groups is 1. The molecule has 0 spiro atoms. The molecule has 0 aliphatic carbocycles. The van der Waals surface area contributed by atoms with Gasteiger partial charge in [-0.3, -0.25) is 20.2 Å². The van der Waals surface area contributed by atoms with Crippen LogP contribution in [0, 0.1) is 0 Å². The molecule has 8 heteroatoms. The molecule has 29 heavy (non-hydrogen) atoms. The van der Waals surface area contributed by atoms with E-state index in [0.717, 1.165) is 11.2 Å².